The molecule has 1 aliphatic rings. The van der Waals surface area contributed by atoms with E-state index < -0.39 is 0 Å². The van der Waals surface area contributed by atoms with Crippen LogP contribution in [0, 0.1) is 13.8 Å². The summed E-state index contributed by atoms with van der Waals surface area (Å²) in [6, 6.07) is 5.78. The smallest absolute Gasteiger partial charge is 0.231 e. The molecule has 122 valence electrons. The second-order valence-electron chi connectivity index (χ2n) is 5.84. The van der Waals surface area contributed by atoms with Gasteiger partial charge in [0.2, 0.25) is 12.7 Å². The summed E-state index contributed by atoms with van der Waals surface area (Å²) in [4.78, 5) is 13.9. The highest BCUT2D eigenvalue weighted by Gasteiger charge is 2.18. The van der Waals surface area contributed by atoms with E-state index in [4.69, 9.17) is 9.47 Å². The van der Waals surface area contributed by atoms with Gasteiger partial charge in [-0.2, -0.15) is 5.10 Å². The van der Waals surface area contributed by atoms with Crippen molar-refractivity contribution in [2.24, 2.45) is 7.05 Å². The van der Waals surface area contributed by atoms with Crippen LogP contribution in [0.2, 0.25) is 0 Å². The van der Waals surface area contributed by atoms with Crippen molar-refractivity contribution in [1.29, 1.82) is 0 Å². The fourth-order valence-electron chi connectivity index (χ4n) is 2.78. The Kier molecular flexibility index (Phi) is 3.98. The van der Waals surface area contributed by atoms with Crippen molar-refractivity contribution in [3.8, 4) is 11.5 Å². The van der Waals surface area contributed by atoms with Gasteiger partial charge in [-0.25, -0.2) is 0 Å². The minimum Gasteiger partial charge on any atom is -0.454 e. The topological polar surface area (TPSA) is 56.6 Å². The highest BCUT2D eigenvalue weighted by Crippen LogP contribution is 2.33. The van der Waals surface area contributed by atoms with E-state index in [0.29, 0.717) is 13.1 Å². The molecule has 6 heteroatoms. The fourth-order valence-corrected chi connectivity index (χ4v) is 2.78. The summed E-state index contributed by atoms with van der Waals surface area (Å²) in [5.41, 5.74) is 4.16. The average molecular weight is 315 g/mol. The molecule has 0 atom stereocenters. The van der Waals surface area contributed by atoms with Gasteiger partial charge in [0.15, 0.2) is 11.5 Å². The average Bonchev–Trinajstić information content (AvgIpc) is 3.05. The molecule has 6 nitrogen and oxygen atoms in total. The lowest BCUT2D eigenvalue weighted by atomic mass is 10.1. The molecule has 2 heterocycles. The summed E-state index contributed by atoms with van der Waals surface area (Å²) in [7, 11) is 1.92. The van der Waals surface area contributed by atoms with E-state index in [1.54, 1.807) is 6.92 Å². The van der Waals surface area contributed by atoms with E-state index in [-0.39, 0.29) is 12.7 Å². The normalized spacial score (nSPS) is 12.5. The molecule has 23 heavy (non-hydrogen) atoms. The van der Waals surface area contributed by atoms with Gasteiger partial charge in [-0.1, -0.05) is 6.07 Å². The molecule has 1 aromatic heterocycles. The van der Waals surface area contributed by atoms with Gasteiger partial charge >= 0.3 is 0 Å². The molecular weight excluding hydrogens is 294 g/mol. The number of ether oxygens (including phenoxy) is 2. The van der Waals surface area contributed by atoms with E-state index in [9.17, 15) is 4.79 Å². The first-order valence-corrected chi connectivity index (χ1v) is 7.59. The largest absolute Gasteiger partial charge is 0.454 e. The minimum absolute atomic E-state index is 0.0327. The zero-order valence-corrected chi connectivity index (χ0v) is 13.9. The number of amides is 1. The van der Waals surface area contributed by atoms with E-state index in [2.05, 4.69) is 5.10 Å². The van der Waals surface area contributed by atoms with Gasteiger partial charge in [-0.05, 0) is 31.5 Å². The first kappa shape index (κ1) is 15.4. The molecule has 0 bridgehead atoms. The van der Waals surface area contributed by atoms with Crippen LogP contribution in [0.5, 0.6) is 11.5 Å². The molecule has 1 aromatic carbocycles. The van der Waals surface area contributed by atoms with Crippen molar-refractivity contribution in [3.63, 3.8) is 0 Å². The number of hydrogen-bond donors (Lipinski definition) is 0. The summed E-state index contributed by atoms with van der Waals surface area (Å²) in [6.07, 6.45) is 0. The lowest BCUT2D eigenvalue weighted by molar-refractivity contribution is -0.130. The summed E-state index contributed by atoms with van der Waals surface area (Å²) >= 11 is 0. The number of rotatable bonds is 4. The first-order valence-electron chi connectivity index (χ1n) is 7.59. The van der Waals surface area contributed by atoms with E-state index in [1.165, 1.54) is 0 Å². The van der Waals surface area contributed by atoms with Crippen LogP contribution >= 0.6 is 0 Å². The van der Waals surface area contributed by atoms with Gasteiger partial charge in [0.1, 0.15) is 0 Å². The lowest BCUT2D eigenvalue weighted by Gasteiger charge is -2.21. The number of aromatic nitrogens is 2. The Morgan fingerprint density at radius 1 is 1.26 bits per heavy atom. The summed E-state index contributed by atoms with van der Waals surface area (Å²) in [5, 5.41) is 4.42. The van der Waals surface area contributed by atoms with Crippen molar-refractivity contribution in [2.45, 2.75) is 33.9 Å². The minimum atomic E-state index is 0.0327. The van der Waals surface area contributed by atoms with Crippen LogP contribution in [0.3, 0.4) is 0 Å². The highest BCUT2D eigenvalue weighted by molar-refractivity contribution is 5.73. The molecule has 0 aliphatic carbocycles. The standard InChI is InChI=1S/C17H21N3O3/c1-11-15(12(2)19(4)18-11)9-20(13(3)21)8-14-5-6-16-17(7-14)23-10-22-16/h5-7H,8-10H2,1-4H3. The Bertz CT molecular complexity index is 752. The molecule has 0 N–H and O–H groups in total. The van der Waals surface area contributed by atoms with Crippen LogP contribution in [0.25, 0.3) is 0 Å². The van der Waals surface area contributed by atoms with E-state index >= 15 is 0 Å². The molecule has 0 fully saturated rings. The number of hydrogen-bond acceptors (Lipinski definition) is 4. The Hall–Kier alpha value is -2.50. The van der Waals surface area contributed by atoms with Gasteiger partial charge in [-0.3, -0.25) is 9.48 Å². The molecule has 0 saturated heterocycles. The molecular formula is C17H21N3O3. The molecule has 1 amide bonds. The molecule has 0 radical (unpaired) electrons. The highest BCUT2D eigenvalue weighted by atomic mass is 16.7. The first-order chi connectivity index (χ1) is 11.0. The van der Waals surface area contributed by atoms with Crippen molar-refractivity contribution in [3.05, 3.63) is 40.7 Å². The predicted molar refractivity (Wildman–Crippen MR) is 85.2 cm³/mol. The van der Waals surface area contributed by atoms with Crippen LogP contribution in [0.1, 0.15) is 29.4 Å². The Morgan fingerprint density at radius 3 is 2.65 bits per heavy atom. The maximum atomic E-state index is 12.1. The maximum absolute atomic E-state index is 12.1. The van der Waals surface area contributed by atoms with Crippen LogP contribution in [0.15, 0.2) is 18.2 Å². The number of nitrogens with zero attached hydrogens (tertiary/aromatic N) is 3. The summed E-state index contributed by atoms with van der Waals surface area (Å²) in [6.45, 7) is 6.92. The number of carbonyl (C=O) groups is 1. The maximum Gasteiger partial charge on any atom is 0.231 e. The number of fused-ring (bicyclic) bond motifs is 1. The van der Waals surface area contributed by atoms with Crippen LogP contribution < -0.4 is 9.47 Å². The quantitative estimate of drug-likeness (QED) is 0.869. The second-order valence-corrected chi connectivity index (χ2v) is 5.84. The molecule has 0 spiro atoms. The summed E-state index contributed by atoms with van der Waals surface area (Å²) < 4.78 is 12.6. The third-order valence-electron chi connectivity index (χ3n) is 4.26. The van der Waals surface area contributed by atoms with Crippen LogP contribution in [0.4, 0.5) is 0 Å². The van der Waals surface area contributed by atoms with Crippen molar-refractivity contribution in [1.82, 2.24) is 14.7 Å². The third kappa shape index (κ3) is 3.02. The van der Waals surface area contributed by atoms with Gasteiger partial charge < -0.3 is 14.4 Å². The lowest BCUT2D eigenvalue weighted by Crippen LogP contribution is -2.28. The van der Waals surface area contributed by atoms with Gasteiger partial charge in [-0.15, -0.1) is 0 Å². The molecule has 0 saturated carbocycles. The van der Waals surface area contributed by atoms with Crippen molar-refractivity contribution >= 4 is 5.91 Å². The number of benzene rings is 1. The second kappa shape index (κ2) is 5.95. The number of carbonyl (C=O) groups excluding carboxylic acids is 1. The third-order valence-corrected chi connectivity index (χ3v) is 4.26. The van der Waals surface area contributed by atoms with E-state index in [1.807, 2.05) is 48.7 Å². The Balaban J connectivity index is 1.81. The summed E-state index contributed by atoms with van der Waals surface area (Å²) in [5.74, 6) is 1.52. The van der Waals surface area contributed by atoms with E-state index in [0.717, 1.165) is 34.0 Å². The van der Waals surface area contributed by atoms with Crippen LogP contribution in [-0.2, 0) is 24.9 Å². The van der Waals surface area contributed by atoms with Crippen molar-refractivity contribution in [2.75, 3.05) is 6.79 Å². The Morgan fingerprint density at radius 2 is 2.00 bits per heavy atom. The van der Waals surface area contributed by atoms with Gasteiger partial charge in [0.05, 0.1) is 5.69 Å². The Labute approximate surface area is 135 Å². The van der Waals surface area contributed by atoms with Crippen LogP contribution in [-0.4, -0.2) is 27.4 Å². The van der Waals surface area contributed by atoms with Gasteiger partial charge in [0.25, 0.3) is 0 Å². The molecule has 1 aliphatic heterocycles. The predicted octanol–water partition coefficient (Wildman–Crippen LogP) is 2.31. The molecule has 0 unspecified atom stereocenters. The fraction of sp³-hybridized carbons (Fsp3) is 0.412. The zero-order valence-electron chi connectivity index (χ0n) is 13.9. The molecule has 2 aromatic rings. The SMILES string of the molecule is CC(=O)N(Cc1ccc2c(c1)OCO2)Cc1c(C)nn(C)c1C. The number of aryl methyl sites for hydroxylation is 2. The van der Waals surface area contributed by atoms with Gasteiger partial charge in [0, 0.05) is 38.3 Å². The zero-order chi connectivity index (χ0) is 16.6. The monoisotopic (exact) mass is 315 g/mol. The van der Waals surface area contributed by atoms with Crippen molar-refractivity contribution < 1.29 is 14.3 Å². The molecule has 3 rings (SSSR count).